The molecule has 1 aromatic heterocycles. The van der Waals surface area contributed by atoms with Gasteiger partial charge in [0.05, 0.1) is 16.7 Å². The monoisotopic (exact) mass is 439 g/mol. The van der Waals surface area contributed by atoms with E-state index in [0.717, 1.165) is 48.8 Å². The molecule has 0 radical (unpaired) electrons. The molecule has 172 valence electrons. The fourth-order valence-corrected chi connectivity index (χ4v) is 5.81. The SMILES string of the molecule is Cn1c(=O)n(C2CCC(=O)NC2=O)c2cccc(N3CCN(CC4CCCCC4)CC3)c21. The van der Waals surface area contributed by atoms with E-state index in [2.05, 4.69) is 21.2 Å². The molecule has 3 heterocycles. The number of rotatable bonds is 4. The highest BCUT2D eigenvalue weighted by Gasteiger charge is 2.32. The Labute approximate surface area is 188 Å². The molecule has 2 aliphatic heterocycles. The second-order valence-electron chi connectivity index (χ2n) is 9.62. The van der Waals surface area contributed by atoms with Crippen LogP contribution in [-0.2, 0) is 16.6 Å². The molecule has 2 saturated heterocycles. The summed E-state index contributed by atoms with van der Waals surface area (Å²) >= 11 is 0. The zero-order valence-corrected chi connectivity index (χ0v) is 18.9. The number of carbonyl (C=O) groups is 2. The van der Waals surface area contributed by atoms with Gasteiger partial charge in [-0.3, -0.25) is 28.9 Å². The summed E-state index contributed by atoms with van der Waals surface area (Å²) in [5.41, 5.74) is 2.46. The Morgan fingerprint density at radius 2 is 1.72 bits per heavy atom. The fraction of sp³-hybridized carbons (Fsp3) is 0.625. The molecular weight excluding hydrogens is 406 g/mol. The van der Waals surface area contributed by atoms with Crippen LogP contribution in [0.5, 0.6) is 0 Å². The second-order valence-corrected chi connectivity index (χ2v) is 9.62. The van der Waals surface area contributed by atoms with E-state index in [1.165, 1.54) is 38.6 Å². The number of para-hydroxylation sites is 1. The minimum Gasteiger partial charge on any atom is -0.367 e. The van der Waals surface area contributed by atoms with Gasteiger partial charge in [0, 0.05) is 46.2 Å². The standard InChI is InChI=1S/C24H33N5O3/c1-26-22-18(28-14-12-27(13-15-28)16-17-6-3-2-4-7-17)8-5-9-19(22)29(24(26)32)20-10-11-21(30)25-23(20)31/h5,8-9,17,20H,2-4,6-7,10-16H2,1H3,(H,25,30,31). The first kappa shape index (κ1) is 21.2. The van der Waals surface area contributed by atoms with Crippen LogP contribution in [0, 0.1) is 5.92 Å². The predicted molar refractivity (Wildman–Crippen MR) is 124 cm³/mol. The van der Waals surface area contributed by atoms with Crippen LogP contribution in [0.4, 0.5) is 5.69 Å². The van der Waals surface area contributed by atoms with Crippen LogP contribution in [0.1, 0.15) is 51.0 Å². The molecule has 1 atom stereocenters. The highest BCUT2D eigenvalue weighted by molar-refractivity contribution is 6.00. The summed E-state index contributed by atoms with van der Waals surface area (Å²) in [5.74, 6) is 0.186. The minimum atomic E-state index is -0.647. The van der Waals surface area contributed by atoms with Crippen LogP contribution in [0.2, 0.25) is 0 Å². The van der Waals surface area contributed by atoms with Gasteiger partial charge in [-0.15, -0.1) is 0 Å². The van der Waals surface area contributed by atoms with E-state index in [-0.39, 0.29) is 18.0 Å². The number of hydrogen-bond donors (Lipinski definition) is 1. The summed E-state index contributed by atoms with van der Waals surface area (Å²) in [7, 11) is 1.77. The van der Waals surface area contributed by atoms with E-state index in [1.807, 2.05) is 12.1 Å². The van der Waals surface area contributed by atoms with Gasteiger partial charge in [0.2, 0.25) is 11.8 Å². The van der Waals surface area contributed by atoms with Crippen molar-refractivity contribution in [2.24, 2.45) is 13.0 Å². The number of nitrogens with zero attached hydrogens (tertiary/aromatic N) is 4. The predicted octanol–water partition coefficient (Wildman–Crippen LogP) is 2.02. The number of anilines is 1. The second kappa shape index (κ2) is 8.73. The third-order valence-electron chi connectivity index (χ3n) is 7.56. The minimum absolute atomic E-state index is 0.210. The molecule has 3 aliphatic rings. The van der Waals surface area contributed by atoms with Crippen LogP contribution in [0.25, 0.3) is 11.0 Å². The van der Waals surface area contributed by atoms with Gasteiger partial charge in [0.1, 0.15) is 6.04 Å². The first-order chi connectivity index (χ1) is 15.5. The molecule has 8 nitrogen and oxygen atoms in total. The van der Waals surface area contributed by atoms with Gasteiger partial charge >= 0.3 is 5.69 Å². The molecule has 2 aromatic rings. The van der Waals surface area contributed by atoms with E-state index in [1.54, 1.807) is 16.2 Å². The number of fused-ring (bicyclic) bond motifs is 1. The number of nitrogens with one attached hydrogen (secondary N) is 1. The summed E-state index contributed by atoms with van der Waals surface area (Å²) in [5, 5.41) is 2.38. The molecule has 1 aromatic carbocycles. The molecule has 1 N–H and O–H groups in total. The van der Waals surface area contributed by atoms with Crippen molar-refractivity contribution >= 4 is 28.5 Å². The number of imidazole rings is 1. The zero-order chi connectivity index (χ0) is 22.2. The normalized spacial score (nSPS) is 23.7. The fourth-order valence-electron chi connectivity index (χ4n) is 5.81. The Bertz CT molecular complexity index is 1070. The molecule has 1 saturated carbocycles. The number of imide groups is 1. The summed E-state index contributed by atoms with van der Waals surface area (Å²) in [6.45, 7) is 5.15. The molecule has 3 fully saturated rings. The maximum Gasteiger partial charge on any atom is 0.329 e. The Morgan fingerprint density at radius 3 is 2.44 bits per heavy atom. The van der Waals surface area contributed by atoms with Crippen molar-refractivity contribution < 1.29 is 9.59 Å². The summed E-state index contributed by atoms with van der Waals surface area (Å²) < 4.78 is 3.22. The number of aryl methyl sites for hydroxylation is 1. The first-order valence-electron chi connectivity index (χ1n) is 12.0. The van der Waals surface area contributed by atoms with Gasteiger partial charge in [0.15, 0.2) is 0 Å². The van der Waals surface area contributed by atoms with Crippen molar-refractivity contribution in [2.75, 3.05) is 37.6 Å². The highest BCUT2D eigenvalue weighted by Crippen LogP contribution is 2.31. The van der Waals surface area contributed by atoms with Crippen LogP contribution in [0.15, 0.2) is 23.0 Å². The average Bonchev–Trinajstić information content (AvgIpc) is 3.06. The van der Waals surface area contributed by atoms with Gasteiger partial charge in [-0.2, -0.15) is 0 Å². The van der Waals surface area contributed by atoms with Crippen LogP contribution < -0.4 is 15.9 Å². The van der Waals surface area contributed by atoms with Crippen molar-refractivity contribution in [1.29, 1.82) is 0 Å². The highest BCUT2D eigenvalue weighted by atomic mass is 16.2. The molecule has 2 amide bonds. The molecular formula is C24H33N5O3. The maximum atomic E-state index is 13.2. The Morgan fingerprint density at radius 1 is 0.969 bits per heavy atom. The van der Waals surface area contributed by atoms with Gasteiger partial charge in [0.25, 0.3) is 0 Å². The van der Waals surface area contributed by atoms with Crippen molar-refractivity contribution in [2.45, 2.75) is 51.0 Å². The van der Waals surface area contributed by atoms with Gasteiger partial charge < -0.3 is 4.90 Å². The van der Waals surface area contributed by atoms with Gasteiger partial charge in [-0.1, -0.05) is 25.3 Å². The smallest absolute Gasteiger partial charge is 0.329 e. The van der Waals surface area contributed by atoms with E-state index in [0.29, 0.717) is 6.42 Å². The Balaban J connectivity index is 1.38. The topological polar surface area (TPSA) is 79.6 Å². The molecule has 5 rings (SSSR count). The van der Waals surface area contributed by atoms with E-state index >= 15 is 0 Å². The molecule has 0 spiro atoms. The van der Waals surface area contributed by atoms with Crippen molar-refractivity contribution in [3.05, 3.63) is 28.7 Å². The number of benzene rings is 1. The molecule has 32 heavy (non-hydrogen) atoms. The largest absolute Gasteiger partial charge is 0.367 e. The van der Waals surface area contributed by atoms with E-state index < -0.39 is 11.9 Å². The first-order valence-corrected chi connectivity index (χ1v) is 12.0. The molecule has 0 bridgehead atoms. The number of carbonyl (C=O) groups excluding carboxylic acids is 2. The summed E-state index contributed by atoms with van der Waals surface area (Å²) in [6.07, 6.45) is 7.50. The molecule has 1 unspecified atom stereocenters. The summed E-state index contributed by atoms with van der Waals surface area (Å²) in [4.78, 5) is 42.2. The van der Waals surface area contributed by atoms with Crippen molar-refractivity contribution in [3.8, 4) is 0 Å². The lowest BCUT2D eigenvalue weighted by Gasteiger charge is -2.38. The zero-order valence-electron chi connectivity index (χ0n) is 18.9. The third-order valence-corrected chi connectivity index (χ3v) is 7.56. The van der Waals surface area contributed by atoms with E-state index in [9.17, 15) is 14.4 Å². The lowest BCUT2D eigenvalue weighted by Crippen LogP contribution is -2.48. The molecule has 8 heteroatoms. The summed E-state index contributed by atoms with van der Waals surface area (Å²) in [6, 6.07) is 5.30. The van der Waals surface area contributed by atoms with Crippen LogP contribution in [-0.4, -0.2) is 58.6 Å². The lowest BCUT2D eigenvalue weighted by molar-refractivity contribution is -0.135. The quantitative estimate of drug-likeness (QED) is 0.738. The number of piperidine rings is 1. The van der Waals surface area contributed by atoms with Gasteiger partial charge in [-0.05, 0) is 37.3 Å². The average molecular weight is 440 g/mol. The van der Waals surface area contributed by atoms with Crippen molar-refractivity contribution in [3.63, 3.8) is 0 Å². The van der Waals surface area contributed by atoms with Crippen LogP contribution >= 0.6 is 0 Å². The van der Waals surface area contributed by atoms with E-state index in [4.69, 9.17) is 0 Å². The van der Waals surface area contributed by atoms with Crippen molar-refractivity contribution in [1.82, 2.24) is 19.4 Å². The van der Waals surface area contributed by atoms with Gasteiger partial charge in [-0.25, -0.2) is 4.79 Å². The lowest BCUT2D eigenvalue weighted by atomic mass is 9.89. The molecule has 1 aliphatic carbocycles. The Hall–Kier alpha value is -2.61. The number of hydrogen-bond acceptors (Lipinski definition) is 5. The third kappa shape index (κ3) is 3.85. The van der Waals surface area contributed by atoms with Crippen LogP contribution in [0.3, 0.4) is 0 Å². The number of aromatic nitrogens is 2. The number of piperazine rings is 1. The maximum absolute atomic E-state index is 13.2. The Kier molecular flexibility index (Phi) is 5.80. The number of amides is 2.